The summed E-state index contributed by atoms with van der Waals surface area (Å²) in [5, 5.41) is 11.8. The molecule has 2 fully saturated rings. The number of hydrogen-bond donors (Lipinski definition) is 2. The van der Waals surface area contributed by atoms with Crippen LogP contribution in [0.25, 0.3) is 21.0 Å². The molecule has 2 aliphatic heterocycles. The molecule has 0 amide bonds. The first-order chi connectivity index (χ1) is 17.7. The van der Waals surface area contributed by atoms with Gasteiger partial charge < -0.3 is 29.2 Å². The van der Waals surface area contributed by atoms with Gasteiger partial charge in [-0.15, -0.1) is 11.3 Å². The fraction of sp³-hybridized carbons (Fsp3) is 0.333. The second-order valence-corrected chi connectivity index (χ2v) is 10.7. The molecule has 6 rings (SSSR count). The van der Waals surface area contributed by atoms with E-state index in [4.69, 9.17) is 14.2 Å². The predicted molar refractivity (Wildman–Crippen MR) is 136 cm³/mol. The second kappa shape index (κ2) is 8.74. The van der Waals surface area contributed by atoms with Gasteiger partial charge in [-0.3, -0.25) is 0 Å². The summed E-state index contributed by atoms with van der Waals surface area (Å²) in [6.07, 6.45) is 0.488. The number of thiophene rings is 1. The Balaban J connectivity index is 1.24. The quantitative estimate of drug-likeness (QED) is 0.286. The van der Waals surface area contributed by atoms with Crippen molar-refractivity contribution in [3.63, 3.8) is 0 Å². The number of halogens is 1. The van der Waals surface area contributed by atoms with Crippen molar-refractivity contribution >= 4 is 50.1 Å². The van der Waals surface area contributed by atoms with Crippen molar-refractivity contribution in [2.24, 2.45) is 0 Å². The van der Waals surface area contributed by atoms with Crippen LogP contribution in [0.1, 0.15) is 37.5 Å². The monoisotopic (exact) mass is 524 g/mol. The molecule has 3 atom stereocenters. The van der Waals surface area contributed by atoms with Crippen LogP contribution in [-0.2, 0) is 19.1 Å². The van der Waals surface area contributed by atoms with E-state index in [1.807, 2.05) is 18.2 Å². The number of fused-ring (bicyclic) bond motifs is 2. The predicted octanol–water partition coefficient (Wildman–Crippen LogP) is 4.81. The molecular weight excluding hydrogens is 499 g/mol. The molecule has 0 unspecified atom stereocenters. The topological polar surface area (TPSA) is 101 Å². The van der Waals surface area contributed by atoms with E-state index in [1.165, 1.54) is 17.9 Å². The number of carbonyl (C=O) groups is 2. The first-order valence-electron chi connectivity index (χ1n) is 12.1. The van der Waals surface area contributed by atoms with Crippen molar-refractivity contribution < 1.29 is 33.3 Å². The number of piperidine rings is 1. The average molecular weight is 525 g/mol. The second-order valence-electron chi connectivity index (χ2n) is 9.63. The number of aliphatic hydroxyl groups is 1. The summed E-state index contributed by atoms with van der Waals surface area (Å²) in [7, 11) is 0. The zero-order valence-electron chi connectivity index (χ0n) is 20.2. The first-order valence-corrected chi connectivity index (χ1v) is 12.9. The van der Waals surface area contributed by atoms with E-state index < -0.39 is 24.0 Å². The van der Waals surface area contributed by atoms with Crippen LogP contribution in [0.4, 0.5) is 10.2 Å². The maximum Gasteiger partial charge on any atom is 0.449 e. The Bertz CT molecular complexity index is 1510. The molecule has 192 valence electrons. The molecule has 2 saturated heterocycles. The summed E-state index contributed by atoms with van der Waals surface area (Å²) in [4.78, 5) is 30.4. The molecule has 4 heterocycles. The van der Waals surface area contributed by atoms with Gasteiger partial charge in [0.1, 0.15) is 17.4 Å². The van der Waals surface area contributed by atoms with Gasteiger partial charge in [0.25, 0.3) is 0 Å². The molecule has 0 aliphatic carbocycles. The van der Waals surface area contributed by atoms with E-state index in [-0.39, 0.29) is 11.9 Å². The van der Waals surface area contributed by atoms with Crippen molar-refractivity contribution in [3.05, 3.63) is 59.2 Å². The minimum Gasteiger partial charge on any atom is -0.418 e. The smallest absolute Gasteiger partial charge is 0.418 e. The molecule has 8 nitrogen and oxygen atoms in total. The number of carbonyl (C=O) groups excluding carboxylic acids is 2. The molecule has 37 heavy (non-hydrogen) atoms. The van der Waals surface area contributed by atoms with E-state index in [0.717, 1.165) is 40.8 Å². The number of H-pyrrole nitrogens is 1. The summed E-state index contributed by atoms with van der Waals surface area (Å²) in [5.41, 5.74) is 0.782. The maximum absolute atomic E-state index is 13.6. The molecule has 10 heteroatoms. The first kappa shape index (κ1) is 23.7. The number of aromatic amines is 1. The van der Waals surface area contributed by atoms with E-state index in [9.17, 15) is 19.1 Å². The molecular formula is C27H25FN2O6S. The largest absolute Gasteiger partial charge is 0.449 e. The number of aromatic nitrogens is 1. The Morgan fingerprint density at radius 3 is 2.70 bits per heavy atom. The fourth-order valence-electron chi connectivity index (χ4n) is 5.19. The SMILES string of the molecule is C[C@H](O)C1(Oc2cccc3[nH]c(N4CC[C@@H](c5cc6cc(F)ccc6s5)C[C@@H]4C)cc23)OC(=O)C(=O)O1. The summed E-state index contributed by atoms with van der Waals surface area (Å²) in [6.45, 7) is 4.32. The Labute approximate surface area is 215 Å². The number of benzene rings is 2. The van der Waals surface area contributed by atoms with Crippen LogP contribution in [-0.4, -0.2) is 46.7 Å². The van der Waals surface area contributed by atoms with E-state index >= 15 is 0 Å². The number of nitrogens with one attached hydrogen (secondary N) is 1. The summed E-state index contributed by atoms with van der Waals surface area (Å²) in [5.74, 6) is -3.30. The van der Waals surface area contributed by atoms with Crippen LogP contribution in [0.3, 0.4) is 0 Å². The van der Waals surface area contributed by atoms with Crippen LogP contribution in [0.5, 0.6) is 5.75 Å². The van der Waals surface area contributed by atoms with Crippen LogP contribution >= 0.6 is 11.3 Å². The van der Waals surface area contributed by atoms with Gasteiger partial charge in [-0.25, -0.2) is 14.0 Å². The number of rotatable bonds is 5. The molecule has 2 aromatic carbocycles. The van der Waals surface area contributed by atoms with Crippen LogP contribution < -0.4 is 9.64 Å². The van der Waals surface area contributed by atoms with Gasteiger partial charge in [0.2, 0.25) is 0 Å². The van der Waals surface area contributed by atoms with E-state index in [0.29, 0.717) is 17.1 Å². The van der Waals surface area contributed by atoms with Crippen LogP contribution in [0, 0.1) is 5.82 Å². The summed E-state index contributed by atoms with van der Waals surface area (Å²) >= 11 is 1.73. The fourth-order valence-corrected chi connectivity index (χ4v) is 6.39. The van der Waals surface area contributed by atoms with Crippen molar-refractivity contribution in [2.75, 3.05) is 11.4 Å². The normalized spacial score (nSPS) is 22.3. The number of ether oxygens (including phenoxy) is 3. The van der Waals surface area contributed by atoms with Gasteiger partial charge in [-0.05, 0) is 80.5 Å². The minimum atomic E-state index is -2.24. The van der Waals surface area contributed by atoms with Gasteiger partial charge in [-0.2, -0.15) is 0 Å². The zero-order valence-corrected chi connectivity index (χ0v) is 21.0. The number of esters is 2. The van der Waals surface area contributed by atoms with Gasteiger partial charge in [-0.1, -0.05) is 6.07 Å². The lowest BCUT2D eigenvalue weighted by Crippen LogP contribution is -2.47. The van der Waals surface area contributed by atoms with Crippen molar-refractivity contribution in [1.82, 2.24) is 4.98 Å². The Morgan fingerprint density at radius 1 is 1.19 bits per heavy atom. The zero-order chi connectivity index (χ0) is 25.9. The lowest BCUT2D eigenvalue weighted by atomic mass is 9.90. The highest BCUT2D eigenvalue weighted by Gasteiger charge is 2.56. The van der Waals surface area contributed by atoms with Gasteiger partial charge in [0.15, 0.2) is 6.10 Å². The lowest BCUT2D eigenvalue weighted by Gasteiger charge is -2.38. The molecule has 0 saturated carbocycles. The number of aliphatic hydroxyl groups excluding tert-OH is 1. The standard InChI is InChI=1S/C27H25FN2O6S/c1-14-10-16(23-12-17-11-18(28)6-7-22(17)37-23)8-9-30(14)24-13-19-20(29-24)4-3-5-21(19)34-27(15(2)31)35-25(32)26(33)36-27/h3-7,11-16,29,31H,8-10H2,1-2H3/t14-,15-,16+/m0/s1. The summed E-state index contributed by atoms with van der Waals surface area (Å²) < 4.78 is 30.5. The Hall–Kier alpha value is -3.63. The van der Waals surface area contributed by atoms with E-state index in [2.05, 4.69) is 22.9 Å². The van der Waals surface area contributed by atoms with Crippen molar-refractivity contribution in [1.29, 1.82) is 0 Å². The number of cyclic esters (lactones) is 2. The third-order valence-corrected chi connectivity index (χ3v) is 8.37. The maximum atomic E-state index is 13.6. The van der Waals surface area contributed by atoms with E-state index in [1.54, 1.807) is 29.5 Å². The summed E-state index contributed by atoms with van der Waals surface area (Å²) in [6, 6.07) is 14.5. The molecule has 0 bridgehead atoms. The molecule has 0 spiro atoms. The molecule has 4 aromatic rings. The number of anilines is 1. The third kappa shape index (κ3) is 4.10. The van der Waals surface area contributed by atoms with Gasteiger partial charge >= 0.3 is 17.9 Å². The Morgan fingerprint density at radius 2 is 1.97 bits per heavy atom. The molecule has 2 aliphatic rings. The molecule has 0 radical (unpaired) electrons. The van der Waals surface area contributed by atoms with Crippen LogP contribution in [0.15, 0.2) is 48.5 Å². The highest BCUT2D eigenvalue weighted by atomic mass is 32.1. The minimum absolute atomic E-state index is 0.217. The Kier molecular flexibility index (Phi) is 5.61. The molecule has 2 aromatic heterocycles. The lowest BCUT2D eigenvalue weighted by molar-refractivity contribution is -0.313. The molecule has 2 N–H and O–H groups in total. The number of nitrogens with zero attached hydrogens (tertiary/aromatic N) is 1. The van der Waals surface area contributed by atoms with Gasteiger partial charge in [0.05, 0.1) is 5.52 Å². The average Bonchev–Trinajstić information content (AvgIpc) is 3.55. The number of hydrogen-bond acceptors (Lipinski definition) is 8. The van der Waals surface area contributed by atoms with Crippen LogP contribution in [0.2, 0.25) is 0 Å². The van der Waals surface area contributed by atoms with Crippen molar-refractivity contribution in [3.8, 4) is 5.75 Å². The third-order valence-electron chi connectivity index (χ3n) is 7.10. The van der Waals surface area contributed by atoms with Gasteiger partial charge in [0, 0.05) is 27.5 Å². The highest BCUT2D eigenvalue weighted by Crippen LogP contribution is 2.41. The van der Waals surface area contributed by atoms with Crippen molar-refractivity contribution in [2.45, 2.75) is 50.7 Å². The highest BCUT2D eigenvalue weighted by molar-refractivity contribution is 7.19.